The summed E-state index contributed by atoms with van der Waals surface area (Å²) in [7, 11) is 3.16. The average Bonchev–Trinajstić information content (AvgIpc) is 2.72. The highest BCUT2D eigenvalue weighted by Crippen LogP contribution is 2.26. The van der Waals surface area contributed by atoms with Crippen LogP contribution in [-0.2, 0) is 19.1 Å². The molecule has 0 aromatic rings. The predicted octanol–water partition coefficient (Wildman–Crippen LogP) is 3.24. The molecule has 9 heteroatoms. The minimum Gasteiger partial charge on any atom is -0.491 e. The van der Waals surface area contributed by atoms with E-state index in [1.165, 1.54) is 10.8 Å². The van der Waals surface area contributed by atoms with Gasteiger partial charge in [-0.1, -0.05) is 61.9 Å². The number of aliphatic hydroxyl groups excluding tert-OH is 1. The zero-order valence-electron chi connectivity index (χ0n) is 20.0. The van der Waals surface area contributed by atoms with Crippen LogP contribution in [0.5, 0.6) is 0 Å². The smallest absolute Gasteiger partial charge is 0.243 e. The molecule has 3 N–H and O–H groups in total. The number of ketones is 1. The van der Waals surface area contributed by atoms with E-state index in [-0.39, 0.29) is 48.7 Å². The molecule has 5 atom stereocenters. The number of allylic oxidation sites excluding steroid dienone is 1. The maximum Gasteiger partial charge on any atom is 0.243 e. The highest BCUT2D eigenvalue weighted by molar-refractivity contribution is 8.76. The van der Waals surface area contributed by atoms with Crippen molar-refractivity contribution in [3.8, 4) is 0 Å². The van der Waals surface area contributed by atoms with Gasteiger partial charge in [-0.15, -0.1) is 0 Å². The largest absolute Gasteiger partial charge is 0.491 e. The van der Waals surface area contributed by atoms with E-state index in [1.807, 2.05) is 39.8 Å². The van der Waals surface area contributed by atoms with E-state index in [9.17, 15) is 19.5 Å². The summed E-state index contributed by atoms with van der Waals surface area (Å²) < 4.78 is 5.97. The molecule has 2 rings (SSSR count). The Kier molecular flexibility index (Phi) is 11.3. The number of rotatable bonds is 2. The van der Waals surface area contributed by atoms with Gasteiger partial charge in [0.2, 0.25) is 11.8 Å². The average molecular weight is 499 g/mol. The third-order valence-corrected chi connectivity index (χ3v) is 8.33. The van der Waals surface area contributed by atoms with E-state index in [1.54, 1.807) is 10.8 Å². The van der Waals surface area contributed by atoms with Crippen LogP contribution in [-0.4, -0.2) is 58.5 Å². The van der Waals surface area contributed by atoms with Gasteiger partial charge in [0, 0.05) is 36.7 Å². The summed E-state index contributed by atoms with van der Waals surface area (Å²) in [6.45, 7) is 11.6. The molecule has 33 heavy (non-hydrogen) atoms. The number of fused-ring (bicyclic) bond motifs is 7. The summed E-state index contributed by atoms with van der Waals surface area (Å²) in [5, 5.41) is 16.7. The molecule has 186 valence electrons. The Bertz CT molecular complexity index is 740. The van der Waals surface area contributed by atoms with Crippen LogP contribution in [0.15, 0.2) is 24.5 Å². The molecule has 1 fully saturated rings. The Morgan fingerprint density at radius 3 is 2.42 bits per heavy atom. The second-order valence-corrected chi connectivity index (χ2v) is 12.1. The first-order valence-electron chi connectivity index (χ1n) is 11.6. The molecule has 0 aromatic heterocycles. The summed E-state index contributed by atoms with van der Waals surface area (Å²) in [5.41, 5.74) is 0. The van der Waals surface area contributed by atoms with Crippen LogP contribution >= 0.6 is 21.6 Å². The van der Waals surface area contributed by atoms with Gasteiger partial charge in [0.1, 0.15) is 17.9 Å². The van der Waals surface area contributed by atoms with E-state index in [4.69, 9.17) is 4.74 Å². The highest BCUT2D eigenvalue weighted by Gasteiger charge is 2.33. The van der Waals surface area contributed by atoms with Crippen LogP contribution < -0.4 is 10.6 Å². The number of amides is 2. The quantitative estimate of drug-likeness (QED) is 0.397. The van der Waals surface area contributed by atoms with Gasteiger partial charge in [-0.2, -0.15) is 0 Å². The van der Waals surface area contributed by atoms with Crippen molar-refractivity contribution in [2.45, 2.75) is 77.7 Å². The van der Waals surface area contributed by atoms with Gasteiger partial charge in [-0.3, -0.25) is 14.4 Å². The van der Waals surface area contributed by atoms with Gasteiger partial charge in [0.05, 0.1) is 17.9 Å². The maximum absolute atomic E-state index is 13.2. The number of hydrogen-bond acceptors (Lipinski definition) is 7. The number of nitrogens with one attached hydrogen (secondary N) is 2. The number of aliphatic hydroxyl groups is 1. The molecule has 2 amide bonds. The summed E-state index contributed by atoms with van der Waals surface area (Å²) in [6, 6.07) is -1.30. The highest BCUT2D eigenvalue weighted by atomic mass is 33.1. The van der Waals surface area contributed by atoms with Crippen LogP contribution in [0, 0.1) is 17.8 Å². The van der Waals surface area contributed by atoms with Gasteiger partial charge in [-0.25, -0.2) is 0 Å². The summed E-state index contributed by atoms with van der Waals surface area (Å²) in [5.74, 6) is 0.204. The van der Waals surface area contributed by atoms with Crippen LogP contribution in [0.4, 0.5) is 0 Å². The zero-order valence-corrected chi connectivity index (χ0v) is 21.7. The first-order chi connectivity index (χ1) is 15.6. The minimum atomic E-state index is -0.915. The number of Topliss-reactive ketones (excluding diaryl/α,β-unsaturated/α-hetero) is 1. The van der Waals surface area contributed by atoms with E-state index in [0.717, 1.165) is 12.2 Å². The van der Waals surface area contributed by atoms with Gasteiger partial charge in [0.25, 0.3) is 0 Å². The summed E-state index contributed by atoms with van der Waals surface area (Å²) in [6.07, 6.45) is 3.57. The molecule has 0 radical (unpaired) electrons. The fourth-order valence-electron chi connectivity index (χ4n) is 3.93. The van der Waals surface area contributed by atoms with E-state index in [0.29, 0.717) is 11.5 Å². The lowest BCUT2D eigenvalue weighted by atomic mass is 9.88. The van der Waals surface area contributed by atoms with Crippen molar-refractivity contribution >= 4 is 39.2 Å². The van der Waals surface area contributed by atoms with Gasteiger partial charge >= 0.3 is 0 Å². The number of carbonyl (C=O) groups is 3. The molecule has 7 nitrogen and oxygen atoms in total. The van der Waals surface area contributed by atoms with Gasteiger partial charge in [-0.05, 0) is 24.3 Å². The van der Waals surface area contributed by atoms with Crippen LogP contribution in [0.1, 0.15) is 53.4 Å². The second-order valence-electron chi connectivity index (χ2n) is 9.43. The molecule has 2 unspecified atom stereocenters. The van der Waals surface area contributed by atoms with Crippen molar-refractivity contribution in [1.29, 1.82) is 0 Å². The molecule has 0 saturated carbocycles. The Hall–Kier alpha value is -1.45. The minimum absolute atomic E-state index is 0.0506. The second kappa shape index (κ2) is 13.4. The Morgan fingerprint density at radius 1 is 1.03 bits per heavy atom. The molecular formula is C24H38N2O5S2. The predicted molar refractivity (Wildman–Crippen MR) is 135 cm³/mol. The van der Waals surface area contributed by atoms with Crippen molar-refractivity contribution in [2.24, 2.45) is 17.8 Å². The lowest BCUT2D eigenvalue weighted by molar-refractivity contribution is -0.134. The van der Waals surface area contributed by atoms with Gasteiger partial charge in [0.15, 0.2) is 0 Å². The lowest BCUT2D eigenvalue weighted by Crippen LogP contribution is -2.56. The van der Waals surface area contributed by atoms with Crippen molar-refractivity contribution in [2.75, 3.05) is 11.5 Å². The summed E-state index contributed by atoms with van der Waals surface area (Å²) >= 11 is 0. The Morgan fingerprint density at radius 2 is 1.76 bits per heavy atom. The fraction of sp³-hybridized carbons (Fsp3) is 0.708. The Balaban J connectivity index is 2.47. The van der Waals surface area contributed by atoms with Gasteiger partial charge < -0.3 is 20.5 Å². The number of carbonyl (C=O) groups excluding carboxylic acids is 3. The summed E-state index contributed by atoms with van der Waals surface area (Å²) in [4.78, 5) is 39.3. The number of ether oxygens (including phenoxy) is 1. The molecule has 2 bridgehead atoms. The zero-order chi connectivity index (χ0) is 24.5. The maximum atomic E-state index is 13.2. The topological polar surface area (TPSA) is 105 Å². The first kappa shape index (κ1) is 27.8. The van der Waals surface area contributed by atoms with E-state index in [2.05, 4.69) is 17.2 Å². The molecule has 2 heterocycles. The van der Waals surface area contributed by atoms with Crippen LogP contribution in [0.2, 0.25) is 0 Å². The molecule has 0 aromatic carbocycles. The van der Waals surface area contributed by atoms with Crippen molar-refractivity contribution < 1.29 is 24.2 Å². The van der Waals surface area contributed by atoms with E-state index < -0.39 is 30.2 Å². The monoisotopic (exact) mass is 498 g/mol. The normalized spacial score (nSPS) is 32.3. The SMILES string of the molecule is C=C1C[C@H](O)C(C(C)C)NC(=O)[C@H]2CSSCC/C=C/C(CC(=O)C[C@H](C(C)C)C(=O)N2)O1. The molecule has 0 spiro atoms. The molecule has 1 saturated heterocycles. The standard InChI is InChI=1S/C24H38N2O5S2/c1-14(2)19-12-17(27)11-18-8-6-7-9-32-33-13-20(25-23(19)29)24(30)26-22(15(3)4)21(28)10-16(5)31-18/h6,8,14-15,18-22,28H,5,7,9-13H2,1-4H3,(H,25,29)(H,26,30)/b8-6+/t18?,19-,20-,21+,22?/m1/s1. The van der Waals surface area contributed by atoms with Crippen molar-refractivity contribution in [1.82, 2.24) is 10.6 Å². The molecule has 0 aliphatic carbocycles. The van der Waals surface area contributed by atoms with Crippen molar-refractivity contribution in [3.05, 3.63) is 24.5 Å². The third kappa shape index (κ3) is 9.02. The molecule has 2 aliphatic rings. The number of hydrogen-bond donors (Lipinski definition) is 3. The molecular weight excluding hydrogens is 460 g/mol. The third-order valence-electron chi connectivity index (χ3n) is 5.88. The molecule has 2 aliphatic heterocycles. The Labute approximate surface area is 205 Å². The first-order valence-corrected chi connectivity index (χ1v) is 14.1. The van der Waals surface area contributed by atoms with Crippen LogP contribution in [0.3, 0.4) is 0 Å². The lowest BCUT2D eigenvalue weighted by Gasteiger charge is -2.30. The van der Waals surface area contributed by atoms with Crippen LogP contribution in [0.25, 0.3) is 0 Å². The van der Waals surface area contributed by atoms with E-state index >= 15 is 0 Å². The fourth-order valence-corrected chi connectivity index (χ4v) is 6.08. The van der Waals surface area contributed by atoms with Crippen molar-refractivity contribution in [3.63, 3.8) is 0 Å².